The number of hydrogen-bond donors (Lipinski definition) is 2. The van der Waals surface area contributed by atoms with Crippen molar-refractivity contribution >= 4 is 5.69 Å². The monoisotopic (exact) mass is 227 g/mol. The Morgan fingerprint density at radius 3 is 1.88 bits per heavy atom. The highest BCUT2D eigenvalue weighted by Crippen LogP contribution is 2.15. The molecule has 2 atom stereocenters. The summed E-state index contributed by atoms with van der Waals surface area (Å²) in [5.41, 5.74) is 0.795. The third kappa shape index (κ3) is 4.16. The largest absolute Gasteiger partial charge is 0.392 e. The molecule has 0 aromatic heterocycles. The molecular formula is C12H18FNO2. The van der Waals surface area contributed by atoms with Gasteiger partial charge in [-0.05, 0) is 38.1 Å². The minimum absolute atomic E-state index is 0.294. The van der Waals surface area contributed by atoms with Crippen molar-refractivity contribution in [3.8, 4) is 0 Å². The number of benzene rings is 1. The predicted octanol–water partition coefficient (Wildman–Crippen LogP) is 1.39. The minimum atomic E-state index is -0.496. The van der Waals surface area contributed by atoms with E-state index in [4.69, 9.17) is 0 Å². The molecule has 0 radical (unpaired) electrons. The lowest BCUT2D eigenvalue weighted by Crippen LogP contribution is -2.36. The van der Waals surface area contributed by atoms with Gasteiger partial charge in [-0.25, -0.2) is 4.39 Å². The Balaban J connectivity index is 2.78. The minimum Gasteiger partial charge on any atom is -0.392 e. The van der Waals surface area contributed by atoms with E-state index >= 15 is 0 Å². The van der Waals surface area contributed by atoms with Gasteiger partial charge in [-0.15, -0.1) is 0 Å². The molecule has 0 spiro atoms. The molecule has 0 aliphatic carbocycles. The first-order chi connectivity index (χ1) is 7.49. The molecule has 3 nitrogen and oxygen atoms in total. The molecule has 0 aliphatic rings. The highest BCUT2D eigenvalue weighted by molar-refractivity contribution is 5.46. The van der Waals surface area contributed by atoms with Crippen LogP contribution in [-0.4, -0.2) is 35.5 Å². The van der Waals surface area contributed by atoms with Crippen molar-refractivity contribution in [1.82, 2.24) is 0 Å². The summed E-state index contributed by atoms with van der Waals surface area (Å²) in [6.07, 6.45) is -0.993. The van der Waals surface area contributed by atoms with E-state index in [0.717, 1.165) is 5.69 Å². The summed E-state index contributed by atoms with van der Waals surface area (Å²) < 4.78 is 12.8. The first kappa shape index (κ1) is 12.9. The van der Waals surface area contributed by atoms with Crippen molar-refractivity contribution in [2.24, 2.45) is 0 Å². The van der Waals surface area contributed by atoms with E-state index in [1.165, 1.54) is 12.1 Å². The Morgan fingerprint density at radius 1 is 1.06 bits per heavy atom. The summed E-state index contributed by atoms with van der Waals surface area (Å²) >= 11 is 0. The van der Waals surface area contributed by atoms with Gasteiger partial charge in [0.25, 0.3) is 0 Å². The molecule has 0 amide bonds. The summed E-state index contributed by atoms with van der Waals surface area (Å²) in [4.78, 5) is 1.83. The van der Waals surface area contributed by atoms with Gasteiger partial charge in [0.1, 0.15) is 5.82 Å². The zero-order valence-electron chi connectivity index (χ0n) is 9.60. The second kappa shape index (κ2) is 5.82. The maximum Gasteiger partial charge on any atom is 0.123 e. The smallest absolute Gasteiger partial charge is 0.123 e. The standard InChI is InChI=1S/C12H18FNO2/c1-9(15)7-14(8-10(2)16)12-5-3-11(13)4-6-12/h3-6,9-10,15-16H,7-8H2,1-2H3. The first-order valence-corrected chi connectivity index (χ1v) is 5.35. The van der Waals surface area contributed by atoms with Gasteiger partial charge in [0.15, 0.2) is 0 Å². The molecule has 2 unspecified atom stereocenters. The van der Waals surface area contributed by atoms with Crippen LogP contribution in [0.4, 0.5) is 10.1 Å². The number of halogens is 1. The lowest BCUT2D eigenvalue weighted by atomic mass is 10.2. The second-order valence-electron chi connectivity index (χ2n) is 4.08. The van der Waals surface area contributed by atoms with Gasteiger partial charge in [0.2, 0.25) is 0 Å². The van der Waals surface area contributed by atoms with Crippen LogP contribution < -0.4 is 4.90 Å². The predicted molar refractivity (Wildman–Crippen MR) is 62.0 cm³/mol. The van der Waals surface area contributed by atoms with E-state index < -0.39 is 12.2 Å². The van der Waals surface area contributed by atoms with Crippen molar-refractivity contribution in [3.05, 3.63) is 30.1 Å². The average molecular weight is 227 g/mol. The molecule has 0 heterocycles. The van der Waals surface area contributed by atoms with Gasteiger partial charge in [-0.2, -0.15) is 0 Å². The molecule has 0 bridgehead atoms. The molecule has 1 aromatic carbocycles. The Bertz CT molecular complexity index is 301. The van der Waals surface area contributed by atoms with Crippen LogP contribution in [0.25, 0.3) is 0 Å². The fourth-order valence-corrected chi connectivity index (χ4v) is 1.58. The molecule has 1 rings (SSSR count). The summed E-state index contributed by atoms with van der Waals surface area (Å²) in [6.45, 7) is 4.18. The van der Waals surface area contributed by atoms with E-state index in [2.05, 4.69) is 0 Å². The summed E-state index contributed by atoms with van der Waals surface area (Å²) in [7, 11) is 0. The van der Waals surface area contributed by atoms with Crippen molar-refractivity contribution < 1.29 is 14.6 Å². The summed E-state index contributed by atoms with van der Waals surface area (Å²) in [5, 5.41) is 18.7. The second-order valence-corrected chi connectivity index (χ2v) is 4.08. The number of rotatable bonds is 5. The van der Waals surface area contributed by atoms with Crippen molar-refractivity contribution in [2.75, 3.05) is 18.0 Å². The van der Waals surface area contributed by atoms with E-state index in [1.54, 1.807) is 26.0 Å². The Morgan fingerprint density at radius 2 is 1.50 bits per heavy atom. The third-order valence-electron chi connectivity index (χ3n) is 2.16. The van der Waals surface area contributed by atoms with Crippen LogP contribution in [-0.2, 0) is 0 Å². The lowest BCUT2D eigenvalue weighted by Gasteiger charge is -2.27. The van der Waals surface area contributed by atoms with Gasteiger partial charge in [0, 0.05) is 18.8 Å². The molecule has 1 aromatic rings. The van der Waals surface area contributed by atoms with E-state index in [1.807, 2.05) is 4.90 Å². The Kier molecular flexibility index (Phi) is 4.71. The highest BCUT2D eigenvalue weighted by atomic mass is 19.1. The molecule has 0 aliphatic heterocycles. The van der Waals surface area contributed by atoms with Gasteiger partial charge in [0.05, 0.1) is 12.2 Å². The summed E-state index contributed by atoms with van der Waals surface area (Å²) in [5.74, 6) is -0.294. The van der Waals surface area contributed by atoms with Crippen LogP contribution in [0.1, 0.15) is 13.8 Å². The van der Waals surface area contributed by atoms with Crippen molar-refractivity contribution in [2.45, 2.75) is 26.1 Å². The van der Waals surface area contributed by atoms with Gasteiger partial charge in [-0.1, -0.05) is 0 Å². The van der Waals surface area contributed by atoms with Crippen molar-refractivity contribution in [3.63, 3.8) is 0 Å². The first-order valence-electron chi connectivity index (χ1n) is 5.35. The van der Waals surface area contributed by atoms with Gasteiger partial charge in [-0.3, -0.25) is 0 Å². The average Bonchev–Trinajstić information content (AvgIpc) is 2.16. The number of nitrogens with zero attached hydrogens (tertiary/aromatic N) is 1. The van der Waals surface area contributed by atoms with Crippen molar-refractivity contribution in [1.29, 1.82) is 0 Å². The number of hydrogen-bond acceptors (Lipinski definition) is 3. The topological polar surface area (TPSA) is 43.7 Å². The third-order valence-corrected chi connectivity index (χ3v) is 2.16. The van der Waals surface area contributed by atoms with Crippen LogP contribution in [0.15, 0.2) is 24.3 Å². The molecule has 16 heavy (non-hydrogen) atoms. The molecule has 0 saturated heterocycles. The molecule has 0 saturated carbocycles. The van der Waals surface area contributed by atoms with Crippen LogP contribution in [0.2, 0.25) is 0 Å². The number of aliphatic hydroxyl groups excluding tert-OH is 2. The number of anilines is 1. The van der Waals surface area contributed by atoms with Gasteiger partial charge < -0.3 is 15.1 Å². The SMILES string of the molecule is CC(O)CN(CC(C)O)c1ccc(F)cc1. The molecule has 90 valence electrons. The van der Waals surface area contributed by atoms with E-state index in [0.29, 0.717) is 13.1 Å². The highest BCUT2D eigenvalue weighted by Gasteiger charge is 2.11. The Labute approximate surface area is 95.1 Å². The quantitative estimate of drug-likeness (QED) is 0.799. The maximum absolute atomic E-state index is 12.8. The van der Waals surface area contributed by atoms with E-state index in [9.17, 15) is 14.6 Å². The fraction of sp³-hybridized carbons (Fsp3) is 0.500. The summed E-state index contributed by atoms with van der Waals surface area (Å²) in [6, 6.07) is 6.01. The molecule has 2 N–H and O–H groups in total. The number of aliphatic hydroxyl groups is 2. The maximum atomic E-state index is 12.8. The van der Waals surface area contributed by atoms with Crippen LogP contribution in [0, 0.1) is 5.82 Å². The molecule has 4 heteroatoms. The van der Waals surface area contributed by atoms with E-state index in [-0.39, 0.29) is 5.82 Å². The van der Waals surface area contributed by atoms with Crippen LogP contribution >= 0.6 is 0 Å². The Hall–Kier alpha value is -1.13. The van der Waals surface area contributed by atoms with Gasteiger partial charge >= 0.3 is 0 Å². The normalized spacial score (nSPS) is 14.6. The lowest BCUT2D eigenvalue weighted by molar-refractivity contribution is 0.178. The zero-order valence-corrected chi connectivity index (χ0v) is 9.60. The zero-order chi connectivity index (χ0) is 12.1. The van der Waals surface area contributed by atoms with Crippen LogP contribution in [0.5, 0.6) is 0 Å². The molecular weight excluding hydrogens is 209 g/mol. The van der Waals surface area contributed by atoms with Crippen LogP contribution in [0.3, 0.4) is 0 Å². The fourth-order valence-electron chi connectivity index (χ4n) is 1.58. The molecule has 0 fully saturated rings.